The SMILES string of the molecule is CCc1ccc(CNc2ncncc2N)s1. The molecule has 0 aliphatic heterocycles. The number of nitrogens with two attached hydrogens (primary N) is 1. The Morgan fingerprint density at radius 1 is 1.38 bits per heavy atom. The zero-order valence-corrected chi connectivity index (χ0v) is 9.92. The minimum absolute atomic E-state index is 0.578. The van der Waals surface area contributed by atoms with Crippen LogP contribution in [0.2, 0.25) is 0 Å². The summed E-state index contributed by atoms with van der Waals surface area (Å²) >= 11 is 1.81. The van der Waals surface area contributed by atoms with Crippen LogP contribution in [0.1, 0.15) is 16.7 Å². The van der Waals surface area contributed by atoms with Gasteiger partial charge in [0.2, 0.25) is 0 Å². The minimum atomic E-state index is 0.578. The monoisotopic (exact) mass is 234 g/mol. The van der Waals surface area contributed by atoms with E-state index in [9.17, 15) is 0 Å². The van der Waals surface area contributed by atoms with Crippen LogP contribution in [-0.2, 0) is 13.0 Å². The average Bonchev–Trinajstić information content (AvgIpc) is 2.76. The first-order chi connectivity index (χ1) is 7.79. The van der Waals surface area contributed by atoms with Gasteiger partial charge in [0.1, 0.15) is 6.33 Å². The Labute approximate surface area is 98.6 Å². The molecule has 4 nitrogen and oxygen atoms in total. The molecule has 2 heterocycles. The number of hydrogen-bond acceptors (Lipinski definition) is 5. The smallest absolute Gasteiger partial charge is 0.152 e. The molecule has 5 heteroatoms. The van der Waals surface area contributed by atoms with Gasteiger partial charge in [-0.1, -0.05) is 6.92 Å². The topological polar surface area (TPSA) is 63.8 Å². The van der Waals surface area contributed by atoms with Crippen LogP contribution in [0, 0.1) is 0 Å². The van der Waals surface area contributed by atoms with Crippen molar-refractivity contribution in [1.29, 1.82) is 0 Å². The molecule has 0 bridgehead atoms. The molecule has 0 fully saturated rings. The Balaban J connectivity index is 1.99. The van der Waals surface area contributed by atoms with Crippen LogP contribution < -0.4 is 11.1 Å². The lowest BCUT2D eigenvalue weighted by Gasteiger charge is -2.05. The van der Waals surface area contributed by atoms with Crippen molar-refractivity contribution in [2.45, 2.75) is 19.9 Å². The third-order valence-electron chi connectivity index (χ3n) is 2.24. The van der Waals surface area contributed by atoms with E-state index in [1.165, 1.54) is 16.1 Å². The van der Waals surface area contributed by atoms with E-state index in [1.54, 1.807) is 6.20 Å². The number of aromatic nitrogens is 2. The summed E-state index contributed by atoms with van der Waals surface area (Å²) in [5.74, 6) is 0.696. The van der Waals surface area contributed by atoms with E-state index in [1.807, 2.05) is 11.3 Å². The van der Waals surface area contributed by atoms with E-state index in [2.05, 4.69) is 34.3 Å². The van der Waals surface area contributed by atoms with E-state index < -0.39 is 0 Å². The van der Waals surface area contributed by atoms with Gasteiger partial charge in [0.25, 0.3) is 0 Å². The van der Waals surface area contributed by atoms with E-state index in [-0.39, 0.29) is 0 Å². The molecule has 0 saturated heterocycles. The third kappa shape index (κ3) is 2.49. The van der Waals surface area contributed by atoms with Gasteiger partial charge in [0, 0.05) is 9.75 Å². The predicted molar refractivity (Wildman–Crippen MR) is 67.5 cm³/mol. The standard InChI is InChI=1S/C11H14N4S/c1-2-8-3-4-9(16-8)5-14-11-10(12)6-13-7-15-11/h3-4,6-7H,2,5,12H2,1H3,(H,13,14,15). The second-order valence-electron chi connectivity index (χ2n) is 3.40. The summed E-state index contributed by atoms with van der Waals surface area (Å²) in [4.78, 5) is 10.6. The lowest BCUT2D eigenvalue weighted by atomic mass is 10.3. The summed E-state index contributed by atoms with van der Waals surface area (Å²) in [5, 5.41) is 3.20. The summed E-state index contributed by atoms with van der Waals surface area (Å²) in [6, 6.07) is 4.29. The number of nitrogens with one attached hydrogen (secondary N) is 1. The summed E-state index contributed by atoms with van der Waals surface area (Å²) in [6.45, 7) is 2.91. The molecule has 16 heavy (non-hydrogen) atoms. The second kappa shape index (κ2) is 4.94. The van der Waals surface area contributed by atoms with E-state index in [0.29, 0.717) is 11.5 Å². The average molecular weight is 234 g/mol. The van der Waals surface area contributed by atoms with Gasteiger partial charge in [0.15, 0.2) is 5.82 Å². The number of nitrogen functional groups attached to an aromatic ring is 1. The highest BCUT2D eigenvalue weighted by molar-refractivity contribution is 7.12. The maximum Gasteiger partial charge on any atom is 0.152 e. The molecule has 3 N–H and O–H groups in total. The van der Waals surface area contributed by atoms with Gasteiger partial charge < -0.3 is 11.1 Å². The zero-order chi connectivity index (χ0) is 11.4. The van der Waals surface area contributed by atoms with E-state index in [4.69, 9.17) is 5.73 Å². The second-order valence-corrected chi connectivity index (χ2v) is 4.65. The Hall–Kier alpha value is -1.62. The number of hydrogen-bond donors (Lipinski definition) is 2. The van der Waals surface area contributed by atoms with Gasteiger partial charge in [-0.25, -0.2) is 9.97 Å². The summed E-state index contributed by atoms with van der Waals surface area (Å²) < 4.78 is 0. The summed E-state index contributed by atoms with van der Waals surface area (Å²) in [6.07, 6.45) is 4.17. The Morgan fingerprint density at radius 3 is 2.88 bits per heavy atom. The highest BCUT2D eigenvalue weighted by Gasteiger charge is 2.01. The number of nitrogens with zero attached hydrogens (tertiary/aromatic N) is 2. The fourth-order valence-electron chi connectivity index (χ4n) is 1.37. The molecule has 0 atom stereocenters. The maximum absolute atomic E-state index is 5.73. The first-order valence-electron chi connectivity index (χ1n) is 5.16. The van der Waals surface area contributed by atoms with Gasteiger partial charge in [-0.15, -0.1) is 11.3 Å². The molecule has 0 unspecified atom stereocenters. The van der Waals surface area contributed by atoms with Gasteiger partial charge in [-0.2, -0.15) is 0 Å². The predicted octanol–water partition coefficient (Wildman–Crippen LogP) is 2.29. The lowest BCUT2D eigenvalue weighted by Crippen LogP contribution is -2.03. The van der Waals surface area contributed by atoms with E-state index in [0.717, 1.165) is 13.0 Å². The summed E-state index contributed by atoms with van der Waals surface area (Å²) in [5.41, 5.74) is 6.31. The maximum atomic E-state index is 5.73. The number of thiophene rings is 1. The fraction of sp³-hybridized carbons (Fsp3) is 0.273. The van der Waals surface area contributed by atoms with Crippen molar-refractivity contribution in [2.24, 2.45) is 0 Å². The van der Waals surface area contributed by atoms with Crippen LogP contribution in [0.5, 0.6) is 0 Å². The molecular formula is C11H14N4S. The Kier molecular flexibility index (Phi) is 3.36. The lowest BCUT2D eigenvalue weighted by molar-refractivity contribution is 1.10. The van der Waals surface area contributed by atoms with Gasteiger partial charge >= 0.3 is 0 Å². The molecule has 0 amide bonds. The van der Waals surface area contributed by atoms with Crippen LogP contribution >= 0.6 is 11.3 Å². The number of rotatable bonds is 4. The van der Waals surface area contributed by atoms with Crippen LogP contribution in [0.4, 0.5) is 11.5 Å². The molecule has 2 aromatic rings. The highest BCUT2D eigenvalue weighted by atomic mass is 32.1. The number of aryl methyl sites for hydroxylation is 1. The Morgan fingerprint density at radius 2 is 2.19 bits per heavy atom. The zero-order valence-electron chi connectivity index (χ0n) is 9.10. The molecule has 2 rings (SSSR count). The van der Waals surface area contributed by atoms with Gasteiger partial charge in [-0.05, 0) is 18.6 Å². The minimum Gasteiger partial charge on any atom is -0.394 e. The quantitative estimate of drug-likeness (QED) is 0.852. The number of anilines is 2. The molecular weight excluding hydrogens is 220 g/mol. The first-order valence-corrected chi connectivity index (χ1v) is 5.98. The Bertz CT molecular complexity index is 467. The van der Waals surface area contributed by atoms with Crippen LogP contribution in [0.15, 0.2) is 24.7 Å². The molecule has 0 aliphatic rings. The fourth-order valence-corrected chi connectivity index (χ4v) is 2.26. The molecule has 0 saturated carbocycles. The largest absolute Gasteiger partial charge is 0.394 e. The molecule has 0 aromatic carbocycles. The third-order valence-corrected chi connectivity index (χ3v) is 3.47. The van der Waals surface area contributed by atoms with Crippen molar-refractivity contribution in [2.75, 3.05) is 11.1 Å². The van der Waals surface area contributed by atoms with E-state index >= 15 is 0 Å². The summed E-state index contributed by atoms with van der Waals surface area (Å²) in [7, 11) is 0. The van der Waals surface area contributed by atoms with Crippen molar-refractivity contribution in [1.82, 2.24) is 9.97 Å². The van der Waals surface area contributed by atoms with Gasteiger partial charge in [-0.3, -0.25) is 0 Å². The van der Waals surface area contributed by atoms with Crippen LogP contribution in [0.25, 0.3) is 0 Å². The van der Waals surface area contributed by atoms with Crippen LogP contribution in [0.3, 0.4) is 0 Å². The molecule has 2 aromatic heterocycles. The van der Waals surface area contributed by atoms with Crippen molar-refractivity contribution in [3.05, 3.63) is 34.4 Å². The van der Waals surface area contributed by atoms with Gasteiger partial charge in [0.05, 0.1) is 18.4 Å². The highest BCUT2D eigenvalue weighted by Crippen LogP contribution is 2.19. The molecule has 0 aliphatic carbocycles. The van der Waals surface area contributed by atoms with Crippen molar-refractivity contribution >= 4 is 22.8 Å². The first kappa shape index (κ1) is 10.9. The molecule has 0 spiro atoms. The van der Waals surface area contributed by atoms with Crippen molar-refractivity contribution < 1.29 is 0 Å². The van der Waals surface area contributed by atoms with Crippen molar-refractivity contribution in [3.63, 3.8) is 0 Å². The molecule has 84 valence electrons. The molecule has 0 radical (unpaired) electrons. The van der Waals surface area contributed by atoms with Crippen molar-refractivity contribution in [3.8, 4) is 0 Å². The van der Waals surface area contributed by atoms with Crippen LogP contribution in [-0.4, -0.2) is 9.97 Å². The normalized spacial score (nSPS) is 10.3.